The molecule has 0 aromatic carbocycles. The largest absolute Gasteiger partial charge is 0.461 e. The smallest absolute Gasteiger partial charge is 0.144 e. The van der Waals surface area contributed by atoms with E-state index in [9.17, 15) is 0 Å². The molecule has 0 aliphatic heterocycles. The van der Waals surface area contributed by atoms with Gasteiger partial charge in [0.15, 0.2) is 0 Å². The van der Waals surface area contributed by atoms with E-state index in [2.05, 4.69) is 32.9 Å². The summed E-state index contributed by atoms with van der Waals surface area (Å²) in [5.41, 5.74) is 0.227. The zero-order valence-corrected chi connectivity index (χ0v) is 10.4. The third-order valence-electron chi connectivity index (χ3n) is 2.33. The molecule has 0 atom stereocenters. The van der Waals surface area contributed by atoms with Crippen LogP contribution in [0.25, 0.3) is 10.6 Å². The SMILES string of the molecule is Cc1ccc(-c2ccc(C(C)(C)C)s2)o1. The van der Waals surface area contributed by atoms with Crippen molar-refractivity contribution in [3.05, 3.63) is 34.9 Å². The van der Waals surface area contributed by atoms with E-state index in [1.165, 1.54) is 9.75 Å². The maximum absolute atomic E-state index is 5.61. The van der Waals surface area contributed by atoms with Gasteiger partial charge < -0.3 is 4.42 Å². The molecule has 1 nitrogen and oxygen atoms in total. The maximum atomic E-state index is 5.61. The Labute approximate surface area is 94.7 Å². The molecule has 2 heterocycles. The first-order valence-corrected chi connectivity index (χ1v) is 5.95. The molecule has 2 heteroatoms. The molecule has 15 heavy (non-hydrogen) atoms. The molecule has 2 rings (SSSR count). The summed E-state index contributed by atoms with van der Waals surface area (Å²) in [6, 6.07) is 8.38. The summed E-state index contributed by atoms with van der Waals surface area (Å²) in [5, 5.41) is 0. The average molecular weight is 220 g/mol. The van der Waals surface area contributed by atoms with Crippen molar-refractivity contribution in [2.45, 2.75) is 33.1 Å². The number of hydrogen-bond acceptors (Lipinski definition) is 2. The van der Waals surface area contributed by atoms with Gasteiger partial charge in [-0.05, 0) is 36.6 Å². The lowest BCUT2D eigenvalue weighted by Crippen LogP contribution is -2.07. The Balaban J connectivity index is 2.36. The number of hydrogen-bond donors (Lipinski definition) is 0. The average Bonchev–Trinajstić information content (AvgIpc) is 2.69. The second kappa shape index (κ2) is 3.53. The van der Waals surface area contributed by atoms with Crippen LogP contribution in [-0.2, 0) is 5.41 Å². The maximum Gasteiger partial charge on any atom is 0.144 e. The van der Waals surface area contributed by atoms with Crippen molar-refractivity contribution in [2.24, 2.45) is 0 Å². The predicted octanol–water partition coefficient (Wildman–Crippen LogP) is 4.61. The van der Waals surface area contributed by atoms with Gasteiger partial charge in [-0.25, -0.2) is 0 Å². The topological polar surface area (TPSA) is 13.1 Å². The van der Waals surface area contributed by atoms with E-state index in [-0.39, 0.29) is 5.41 Å². The fourth-order valence-electron chi connectivity index (χ4n) is 1.44. The molecule has 0 radical (unpaired) electrons. The molecule has 0 aliphatic rings. The highest BCUT2D eigenvalue weighted by Gasteiger charge is 2.17. The Morgan fingerprint density at radius 3 is 2.27 bits per heavy atom. The molecule has 0 saturated heterocycles. The minimum atomic E-state index is 0.227. The van der Waals surface area contributed by atoms with Gasteiger partial charge in [0.25, 0.3) is 0 Å². The standard InChI is InChI=1S/C13H16OS/c1-9-5-6-10(14-9)11-7-8-12(15-11)13(2,3)4/h5-8H,1-4H3. The second-order valence-electron chi connectivity index (χ2n) is 4.82. The van der Waals surface area contributed by atoms with Gasteiger partial charge in [0.05, 0.1) is 4.88 Å². The Morgan fingerprint density at radius 2 is 1.80 bits per heavy atom. The van der Waals surface area contributed by atoms with E-state index in [0.717, 1.165) is 11.5 Å². The molecular weight excluding hydrogens is 204 g/mol. The molecule has 80 valence electrons. The lowest BCUT2D eigenvalue weighted by molar-refractivity contribution is 0.549. The quantitative estimate of drug-likeness (QED) is 0.683. The van der Waals surface area contributed by atoms with Crippen molar-refractivity contribution in [1.29, 1.82) is 0 Å². The van der Waals surface area contributed by atoms with Crippen LogP contribution in [0.5, 0.6) is 0 Å². The third kappa shape index (κ3) is 2.15. The normalized spacial score (nSPS) is 12.0. The molecule has 0 saturated carbocycles. The Kier molecular flexibility index (Phi) is 2.47. The van der Waals surface area contributed by atoms with Crippen LogP contribution in [0.15, 0.2) is 28.7 Å². The minimum absolute atomic E-state index is 0.227. The van der Waals surface area contributed by atoms with Crippen LogP contribution in [0.1, 0.15) is 31.4 Å². The number of rotatable bonds is 1. The highest BCUT2D eigenvalue weighted by Crippen LogP contribution is 2.35. The molecule has 0 amide bonds. The van der Waals surface area contributed by atoms with E-state index in [4.69, 9.17) is 4.42 Å². The lowest BCUT2D eigenvalue weighted by Gasteiger charge is -2.15. The fraction of sp³-hybridized carbons (Fsp3) is 0.385. The number of furan rings is 1. The van der Waals surface area contributed by atoms with E-state index in [0.29, 0.717) is 0 Å². The van der Waals surface area contributed by atoms with Crippen molar-refractivity contribution < 1.29 is 4.42 Å². The van der Waals surface area contributed by atoms with Crippen molar-refractivity contribution in [3.8, 4) is 10.6 Å². The Hall–Kier alpha value is -1.02. The molecule has 2 aromatic heterocycles. The first-order chi connectivity index (χ1) is 6.97. The third-order valence-corrected chi connectivity index (χ3v) is 3.85. The molecular formula is C13H16OS. The molecule has 2 aromatic rings. The summed E-state index contributed by atoms with van der Waals surface area (Å²) in [5.74, 6) is 1.95. The molecule has 0 N–H and O–H groups in total. The number of aryl methyl sites for hydroxylation is 1. The first-order valence-electron chi connectivity index (χ1n) is 5.14. The molecule has 0 unspecified atom stereocenters. The Morgan fingerprint density at radius 1 is 1.07 bits per heavy atom. The Bertz CT molecular complexity index is 457. The van der Waals surface area contributed by atoms with Gasteiger partial charge in [-0.15, -0.1) is 11.3 Å². The monoisotopic (exact) mass is 220 g/mol. The van der Waals surface area contributed by atoms with Gasteiger partial charge in [0.1, 0.15) is 11.5 Å². The van der Waals surface area contributed by atoms with Crippen molar-refractivity contribution in [3.63, 3.8) is 0 Å². The summed E-state index contributed by atoms with van der Waals surface area (Å²) in [6.45, 7) is 8.67. The molecule has 0 aliphatic carbocycles. The first kappa shape index (κ1) is 10.5. The summed E-state index contributed by atoms with van der Waals surface area (Å²) in [4.78, 5) is 2.61. The second-order valence-corrected chi connectivity index (χ2v) is 5.91. The number of thiophene rings is 1. The van der Waals surface area contributed by atoms with Crippen LogP contribution in [0.3, 0.4) is 0 Å². The van der Waals surface area contributed by atoms with E-state index in [1.807, 2.05) is 30.4 Å². The van der Waals surface area contributed by atoms with Gasteiger partial charge in [-0.2, -0.15) is 0 Å². The van der Waals surface area contributed by atoms with Crippen LogP contribution in [0.2, 0.25) is 0 Å². The van der Waals surface area contributed by atoms with Crippen LogP contribution >= 0.6 is 11.3 Å². The van der Waals surface area contributed by atoms with Crippen LogP contribution in [0.4, 0.5) is 0 Å². The fourth-order valence-corrected chi connectivity index (χ4v) is 2.47. The van der Waals surface area contributed by atoms with Crippen molar-refractivity contribution in [2.75, 3.05) is 0 Å². The minimum Gasteiger partial charge on any atom is -0.461 e. The summed E-state index contributed by atoms with van der Waals surface area (Å²) in [7, 11) is 0. The summed E-state index contributed by atoms with van der Waals surface area (Å²) >= 11 is 1.81. The van der Waals surface area contributed by atoms with Crippen LogP contribution in [-0.4, -0.2) is 0 Å². The van der Waals surface area contributed by atoms with E-state index in [1.54, 1.807) is 0 Å². The molecule has 0 fully saturated rings. The van der Waals surface area contributed by atoms with Gasteiger partial charge in [0, 0.05) is 4.88 Å². The van der Waals surface area contributed by atoms with Crippen molar-refractivity contribution >= 4 is 11.3 Å². The van der Waals surface area contributed by atoms with Gasteiger partial charge in [-0.3, -0.25) is 0 Å². The lowest BCUT2D eigenvalue weighted by atomic mass is 9.95. The summed E-state index contributed by atoms with van der Waals surface area (Å²) < 4.78 is 5.61. The van der Waals surface area contributed by atoms with Gasteiger partial charge in [-0.1, -0.05) is 20.8 Å². The highest BCUT2D eigenvalue weighted by atomic mass is 32.1. The summed E-state index contributed by atoms with van der Waals surface area (Å²) in [6.07, 6.45) is 0. The van der Waals surface area contributed by atoms with E-state index >= 15 is 0 Å². The van der Waals surface area contributed by atoms with Crippen LogP contribution in [0, 0.1) is 6.92 Å². The van der Waals surface area contributed by atoms with E-state index < -0.39 is 0 Å². The van der Waals surface area contributed by atoms with Crippen LogP contribution < -0.4 is 0 Å². The highest BCUT2D eigenvalue weighted by molar-refractivity contribution is 7.15. The van der Waals surface area contributed by atoms with Gasteiger partial charge >= 0.3 is 0 Å². The molecule has 0 bridgehead atoms. The zero-order chi connectivity index (χ0) is 11.1. The van der Waals surface area contributed by atoms with Crippen molar-refractivity contribution in [1.82, 2.24) is 0 Å². The predicted molar refractivity (Wildman–Crippen MR) is 65.5 cm³/mol. The van der Waals surface area contributed by atoms with Gasteiger partial charge in [0.2, 0.25) is 0 Å². The zero-order valence-electron chi connectivity index (χ0n) is 9.63. The molecule has 0 spiro atoms.